The molecule has 0 radical (unpaired) electrons. The summed E-state index contributed by atoms with van der Waals surface area (Å²) in [5.41, 5.74) is 0.761. The van der Waals surface area contributed by atoms with Gasteiger partial charge in [-0.25, -0.2) is 13.5 Å². The van der Waals surface area contributed by atoms with Gasteiger partial charge < -0.3 is 4.90 Å². The van der Waals surface area contributed by atoms with Crippen LogP contribution in [0.15, 0.2) is 29.2 Å². The summed E-state index contributed by atoms with van der Waals surface area (Å²) in [5.74, 6) is -1.11. The molecule has 0 spiro atoms. The number of hydrogen-bond acceptors (Lipinski definition) is 4. The van der Waals surface area contributed by atoms with E-state index in [0.29, 0.717) is 37.4 Å². The first-order valence-corrected chi connectivity index (χ1v) is 8.42. The lowest BCUT2D eigenvalue weighted by Gasteiger charge is -2.39. The third-order valence-electron chi connectivity index (χ3n) is 4.68. The van der Waals surface area contributed by atoms with Crippen molar-refractivity contribution in [2.45, 2.75) is 13.0 Å². The van der Waals surface area contributed by atoms with Crippen molar-refractivity contribution in [2.24, 2.45) is 7.05 Å². The molecule has 1 aliphatic rings. The van der Waals surface area contributed by atoms with E-state index in [0.717, 1.165) is 6.07 Å². The van der Waals surface area contributed by atoms with E-state index < -0.39 is 11.6 Å². The van der Waals surface area contributed by atoms with Crippen LogP contribution in [0.4, 0.5) is 14.5 Å². The second-order valence-electron chi connectivity index (χ2n) is 6.14. The number of nitrogens with zero attached hydrogens (tertiary/aromatic N) is 4. The van der Waals surface area contributed by atoms with Crippen molar-refractivity contribution in [3.63, 3.8) is 0 Å². The minimum Gasteiger partial charge on any atom is -0.366 e. The van der Waals surface area contributed by atoms with E-state index in [1.54, 1.807) is 13.2 Å². The van der Waals surface area contributed by atoms with Crippen molar-refractivity contribution in [2.75, 3.05) is 31.1 Å². The van der Waals surface area contributed by atoms with E-state index in [9.17, 15) is 13.6 Å². The maximum absolute atomic E-state index is 14.0. The SMILES string of the molecule is CC(c1ccc(F)cc1F)N1CCN(c2cnn(C)c(=O)c2Cl)CC1. The number of aryl methyl sites for hydroxylation is 1. The number of aromatic nitrogens is 2. The number of halogens is 3. The second kappa shape index (κ2) is 7.09. The average molecular weight is 369 g/mol. The Bertz CT molecular complexity index is 834. The van der Waals surface area contributed by atoms with Crippen LogP contribution in [0.1, 0.15) is 18.5 Å². The van der Waals surface area contributed by atoms with Crippen LogP contribution < -0.4 is 10.5 Å². The Hall–Kier alpha value is -1.99. The molecule has 1 aliphatic heterocycles. The van der Waals surface area contributed by atoms with Crippen LogP contribution in [-0.2, 0) is 7.05 Å². The summed E-state index contributed by atoms with van der Waals surface area (Å²) < 4.78 is 28.3. The largest absolute Gasteiger partial charge is 0.366 e. The third kappa shape index (κ3) is 3.52. The van der Waals surface area contributed by atoms with Crippen molar-refractivity contribution >= 4 is 17.3 Å². The van der Waals surface area contributed by atoms with Gasteiger partial charge in [0.05, 0.1) is 11.9 Å². The Kier molecular flexibility index (Phi) is 5.06. The number of benzene rings is 1. The molecule has 0 saturated carbocycles. The first-order valence-electron chi connectivity index (χ1n) is 8.04. The molecular formula is C17H19ClF2N4O. The van der Waals surface area contributed by atoms with Gasteiger partial charge in [-0.1, -0.05) is 17.7 Å². The summed E-state index contributed by atoms with van der Waals surface area (Å²) in [4.78, 5) is 16.0. The molecule has 0 bridgehead atoms. The molecule has 1 saturated heterocycles. The molecule has 134 valence electrons. The molecule has 3 rings (SSSR count). The molecule has 8 heteroatoms. The van der Waals surface area contributed by atoms with Crippen LogP contribution in [0.5, 0.6) is 0 Å². The smallest absolute Gasteiger partial charge is 0.287 e. The van der Waals surface area contributed by atoms with Gasteiger partial charge in [0.15, 0.2) is 0 Å². The summed E-state index contributed by atoms with van der Waals surface area (Å²) >= 11 is 6.15. The van der Waals surface area contributed by atoms with E-state index in [2.05, 4.69) is 10.00 Å². The Morgan fingerprint density at radius 1 is 1.20 bits per heavy atom. The summed E-state index contributed by atoms with van der Waals surface area (Å²) in [6, 6.07) is 3.51. The van der Waals surface area contributed by atoms with Crippen molar-refractivity contribution in [1.29, 1.82) is 0 Å². The molecule has 1 atom stereocenters. The second-order valence-corrected chi connectivity index (χ2v) is 6.52. The standard InChI is InChI=1S/C17H19ClF2N4O/c1-11(13-4-3-12(19)9-14(13)20)23-5-7-24(8-6-23)15-10-21-22(2)17(25)16(15)18/h3-4,9-11H,5-8H2,1-2H3. The van der Waals surface area contributed by atoms with Crippen molar-refractivity contribution in [3.8, 4) is 0 Å². The van der Waals surface area contributed by atoms with E-state index in [1.807, 2.05) is 11.8 Å². The van der Waals surface area contributed by atoms with Crippen LogP contribution in [0.2, 0.25) is 5.02 Å². The van der Waals surface area contributed by atoms with Gasteiger partial charge in [0.25, 0.3) is 5.56 Å². The number of hydrogen-bond donors (Lipinski definition) is 0. The highest BCUT2D eigenvalue weighted by molar-refractivity contribution is 6.33. The fraction of sp³-hybridized carbons (Fsp3) is 0.412. The van der Waals surface area contributed by atoms with Crippen LogP contribution in [0, 0.1) is 11.6 Å². The Labute approximate surface area is 149 Å². The van der Waals surface area contributed by atoms with Gasteiger partial charge in [-0.05, 0) is 13.0 Å². The van der Waals surface area contributed by atoms with Gasteiger partial charge in [-0.2, -0.15) is 5.10 Å². The molecule has 1 unspecified atom stereocenters. The molecule has 0 aliphatic carbocycles. The summed E-state index contributed by atoms with van der Waals surface area (Å²) in [6.07, 6.45) is 1.59. The molecule has 2 aromatic rings. The summed E-state index contributed by atoms with van der Waals surface area (Å²) in [5, 5.41) is 4.17. The van der Waals surface area contributed by atoms with Gasteiger partial charge in [-0.3, -0.25) is 9.69 Å². The van der Waals surface area contributed by atoms with Crippen molar-refractivity contribution < 1.29 is 8.78 Å². The summed E-state index contributed by atoms with van der Waals surface area (Å²) in [6.45, 7) is 4.52. The fourth-order valence-corrected chi connectivity index (χ4v) is 3.40. The van der Waals surface area contributed by atoms with E-state index in [1.165, 1.54) is 16.8 Å². The predicted molar refractivity (Wildman–Crippen MR) is 93.0 cm³/mol. The van der Waals surface area contributed by atoms with Crippen molar-refractivity contribution in [3.05, 3.63) is 57.0 Å². The molecule has 1 fully saturated rings. The number of rotatable bonds is 3. The molecule has 25 heavy (non-hydrogen) atoms. The quantitative estimate of drug-likeness (QED) is 0.835. The molecule has 1 aromatic heterocycles. The maximum Gasteiger partial charge on any atom is 0.287 e. The monoisotopic (exact) mass is 368 g/mol. The average Bonchev–Trinajstić information content (AvgIpc) is 2.60. The normalized spacial score (nSPS) is 16.9. The van der Waals surface area contributed by atoms with Crippen LogP contribution in [0.3, 0.4) is 0 Å². The van der Waals surface area contributed by atoms with Gasteiger partial charge in [-0.15, -0.1) is 0 Å². The molecular weight excluding hydrogens is 350 g/mol. The molecule has 0 N–H and O–H groups in total. The lowest BCUT2D eigenvalue weighted by atomic mass is 10.1. The molecule has 2 heterocycles. The minimum atomic E-state index is -0.578. The Morgan fingerprint density at radius 2 is 1.88 bits per heavy atom. The molecule has 0 amide bonds. The fourth-order valence-electron chi connectivity index (χ4n) is 3.11. The van der Waals surface area contributed by atoms with Gasteiger partial charge >= 0.3 is 0 Å². The first kappa shape index (κ1) is 17.8. The van der Waals surface area contributed by atoms with Crippen LogP contribution in [-0.4, -0.2) is 40.9 Å². The van der Waals surface area contributed by atoms with Gasteiger partial charge in [0, 0.05) is 50.9 Å². The lowest BCUT2D eigenvalue weighted by molar-refractivity contribution is 0.195. The zero-order valence-corrected chi connectivity index (χ0v) is 14.8. The highest BCUT2D eigenvalue weighted by atomic mass is 35.5. The third-order valence-corrected chi connectivity index (χ3v) is 5.03. The van der Waals surface area contributed by atoms with E-state index >= 15 is 0 Å². The lowest BCUT2D eigenvalue weighted by Crippen LogP contribution is -2.47. The highest BCUT2D eigenvalue weighted by Crippen LogP contribution is 2.27. The zero-order chi connectivity index (χ0) is 18.1. The van der Waals surface area contributed by atoms with Gasteiger partial charge in [0.2, 0.25) is 0 Å². The predicted octanol–water partition coefficient (Wildman–Crippen LogP) is 2.60. The van der Waals surface area contributed by atoms with E-state index in [-0.39, 0.29) is 16.6 Å². The van der Waals surface area contributed by atoms with Crippen LogP contribution in [0.25, 0.3) is 0 Å². The number of anilines is 1. The van der Waals surface area contributed by atoms with Gasteiger partial charge in [0.1, 0.15) is 16.7 Å². The van der Waals surface area contributed by atoms with E-state index in [4.69, 9.17) is 11.6 Å². The van der Waals surface area contributed by atoms with Crippen molar-refractivity contribution in [1.82, 2.24) is 14.7 Å². The number of piperazine rings is 1. The first-order chi connectivity index (χ1) is 11.9. The highest BCUT2D eigenvalue weighted by Gasteiger charge is 2.25. The van der Waals surface area contributed by atoms with Crippen LogP contribution >= 0.6 is 11.6 Å². The topological polar surface area (TPSA) is 41.4 Å². The Morgan fingerprint density at radius 3 is 2.52 bits per heavy atom. The Balaban J connectivity index is 1.71. The molecule has 1 aromatic carbocycles. The minimum absolute atomic E-state index is 0.156. The zero-order valence-electron chi connectivity index (χ0n) is 14.0. The molecule has 5 nitrogen and oxygen atoms in total. The summed E-state index contributed by atoms with van der Waals surface area (Å²) in [7, 11) is 1.55. The maximum atomic E-state index is 14.0.